The van der Waals surface area contributed by atoms with Crippen LogP contribution in [0.15, 0.2) is 79.4 Å². The zero-order valence-corrected chi connectivity index (χ0v) is 16.8. The second-order valence-corrected chi connectivity index (χ2v) is 7.68. The zero-order valence-electron chi connectivity index (χ0n) is 16.0. The van der Waals surface area contributed by atoms with Gasteiger partial charge in [-0.2, -0.15) is 0 Å². The Morgan fingerprint density at radius 2 is 1.86 bits per heavy atom. The summed E-state index contributed by atoms with van der Waals surface area (Å²) in [5.74, 6) is 0.542. The number of rotatable bonds is 6. The second kappa shape index (κ2) is 8.29. The van der Waals surface area contributed by atoms with Gasteiger partial charge in [-0.1, -0.05) is 18.7 Å². The van der Waals surface area contributed by atoms with Crippen LogP contribution in [0.1, 0.15) is 15.9 Å². The molecule has 0 atom stereocenters. The molecule has 3 aromatic carbocycles. The summed E-state index contributed by atoms with van der Waals surface area (Å²) in [6, 6.07) is 21.1. The maximum atomic E-state index is 12.5. The van der Waals surface area contributed by atoms with E-state index in [1.807, 2.05) is 30.3 Å². The fraction of sp³-hybridized carbons (Fsp3) is 0.0833. The van der Waals surface area contributed by atoms with Crippen molar-refractivity contribution < 1.29 is 9.53 Å². The van der Waals surface area contributed by atoms with Crippen molar-refractivity contribution in [1.29, 1.82) is 0 Å². The number of amides is 1. The molecule has 1 N–H and O–H groups in total. The van der Waals surface area contributed by atoms with E-state index in [2.05, 4.69) is 31.0 Å². The number of carbonyl (C=O) groups is 1. The van der Waals surface area contributed by atoms with Crippen LogP contribution < -0.4 is 10.1 Å². The molecule has 0 unspecified atom stereocenters. The summed E-state index contributed by atoms with van der Waals surface area (Å²) >= 11 is 1.67. The van der Waals surface area contributed by atoms with Crippen molar-refractivity contribution in [3.8, 4) is 16.3 Å². The van der Waals surface area contributed by atoms with Crippen LogP contribution >= 0.6 is 11.3 Å². The minimum absolute atomic E-state index is 0.163. The molecule has 0 aliphatic heterocycles. The molecule has 4 aromatic rings. The molecule has 144 valence electrons. The predicted octanol–water partition coefficient (Wildman–Crippen LogP) is 6.09. The van der Waals surface area contributed by atoms with E-state index in [9.17, 15) is 4.79 Å². The van der Waals surface area contributed by atoms with E-state index in [0.29, 0.717) is 17.9 Å². The molecular formula is C24H20N2O2S. The zero-order chi connectivity index (χ0) is 20.2. The van der Waals surface area contributed by atoms with Gasteiger partial charge in [-0.05, 0) is 73.2 Å². The highest BCUT2D eigenvalue weighted by molar-refractivity contribution is 7.21. The third kappa shape index (κ3) is 4.36. The first kappa shape index (κ1) is 18.9. The minimum Gasteiger partial charge on any atom is -0.490 e. The predicted molar refractivity (Wildman–Crippen MR) is 120 cm³/mol. The Balaban J connectivity index is 1.45. The minimum atomic E-state index is -0.163. The number of aromatic nitrogens is 1. The molecule has 1 heterocycles. The van der Waals surface area contributed by atoms with Gasteiger partial charge in [0.15, 0.2) is 0 Å². The molecule has 0 bridgehead atoms. The number of hydrogen-bond donors (Lipinski definition) is 1. The van der Waals surface area contributed by atoms with Gasteiger partial charge in [0.25, 0.3) is 5.91 Å². The Kier molecular flexibility index (Phi) is 5.40. The van der Waals surface area contributed by atoms with Crippen LogP contribution in [0.5, 0.6) is 5.75 Å². The van der Waals surface area contributed by atoms with Crippen molar-refractivity contribution in [3.63, 3.8) is 0 Å². The van der Waals surface area contributed by atoms with E-state index in [1.165, 1.54) is 10.3 Å². The standard InChI is InChI=1S/C24H20N2O2S/c1-3-14-28-20-11-7-17(8-12-20)23(27)25-19-9-5-18(6-10-19)24-26-21-13-4-16(2)15-22(21)29-24/h3-13,15H,1,14H2,2H3,(H,25,27). The molecule has 29 heavy (non-hydrogen) atoms. The number of nitrogens with zero attached hydrogens (tertiary/aromatic N) is 1. The van der Waals surface area contributed by atoms with Crippen LogP contribution in [-0.2, 0) is 0 Å². The number of nitrogens with one attached hydrogen (secondary N) is 1. The van der Waals surface area contributed by atoms with E-state index in [-0.39, 0.29) is 5.91 Å². The number of benzene rings is 3. The van der Waals surface area contributed by atoms with Crippen molar-refractivity contribution >= 4 is 33.1 Å². The van der Waals surface area contributed by atoms with Gasteiger partial charge in [-0.15, -0.1) is 11.3 Å². The van der Waals surface area contributed by atoms with Crippen LogP contribution in [0, 0.1) is 6.92 Å². The first-order valence-electron chi connectivity index (χ1n) is 9.25. The highest BCUT2D eigenvalue weighted by atomic mass is 32.1. The SMILES string of the molecule is C=CCOc1ccc(C(=O)Nc2ccc(-c3nc4ccc(C)cc4s3)cc2)cc1. The summed E-state index contributed by atoms with van der Waals surface area (Å²) in [6.07, 6.45) is 1.68. The third-order valence-electron chi connectivity index (χ3n) is 4.42. The van der Waals surface area contributed by atoms with Crippen molar-refractivity contribution in [1.82, 2.24) is 4.98 Å². The Bertz CT molecular complexity index is 1160. The van der Waals surface area contributed by atoms with E-state index in [1.54, 1.807) is 41.7 Å². The number of fused-ring (bicyclic) bond motifs is 1. The Labute approximate surface area is 173 Å². The Morgan fingerprint density at radius 1 is 1.10 bits per heavy atom. The van der Waals surface area contributed by atoms with Gasteiger partial charge in [-0.25, -0.2) is 4.98 Å². The van der Waals surface area contributed by atoms with Crippen LogP contribution in [-0.4, -0.2) is 17.5 Å². The first-order valence-corrected chi connectivity index (χ1v) is 10.1. The van der Waals surface area contributed by atoms with Crippen LogP contribution in [0.2, 0.25) is 0 Å². The largest absolute Gasteiger partial charge is 0.490 e. The maximum Gasteiger partial charge on any atom is 0.255 e. The van der Waals surface area contributed by atoms with Gasteiger partial charge in [0.2, 0.25) is 0 Å². The summed E-state index contributed by atoms with van der Waals surface area (Å²) in [5, 5.41) is 3.89. The Morgan fingerprint density at radius 3 is 2.59 bits per heavy atom. The molecule has 0 aliphatic carbocycles. The van der Waals surface area contributed by atoms with Crippen molar-refractivity contribution in [2.45, 2.75) is 6.92 Å². The summed E-state index contributed by atoms with van der Waals surface area (Å²) in [5.41, 5.74) is 4.58. The first-order chi connectivity index (χ1) is 14.1. The smallest absolute Gasteiger partial charge is 0.255 e. The quantitative estimate of drug-likeness (QED) is 0.399. The fourth-order valence-corrected chi connectivity index (χ4v) is 3.98. The van der Waals surface area contributed by atoms with E-state index in [4.69, 9.17) is 9.72 Å². The van der Waals surface area contributed by atoms with Crippen LogP contribution in [0.25, 0.3) is 20.8 Å². The molecule has 0 spiro atoms. The highest BCUT2D eigenvalue weighted by Gasteiger charge is 2.09. The molecule has 4 rings (SSSR count). The summed E-state index contributed by atoms with van der Waals surface area (Å²) in [7, 11) is 0. The van der Waals surface area contributed by atoms with Gasteiger partial charge in [0.05, 0.1) is 10.2 Å². The summed E-state index contributed by atoms with van der Waals surface area (Å²) in [6.45, 7) is 6.13. The van der Waals surface area contributed by atoms with Crippen LogP contribution in [0.3, 0.4) is 0 Å². The van der Waals surface area contributed by atoms with Gasteiger partial charge in [0.1, 0.15) is 17.4 Å². The lowest BCUT2D eigenvalue weighted by molar-refractivity contribution is 0.102. The fourth-order valence-electron chi connectivity index (χ4n) is 2.91. The molecule has 0 fully saturated rings. The Hall–Kier alpha value is -3.44. The number of ether oxygens (including phenoxy) is 1. The van der Waals surface area contributed by atoms with E-state index >= 15 is 0 Å². The molecule has 1 aromatic heterocycles. The topological polar surface area (TPSA) is 51.2 Å². The number of thiazole rings is 1. The lowest BCUT2D eigenvalue weighted by Crippen LogP contribution is -2.11. The van der Waals surface area contributed by atoms with Crippen molar-refractivity contribution in [3.05, 3.63) is 90.5 Å². The van der Waals surface area contributed by atoms with Gasteiger partial charge in [0, 0.05) is 16.8 Å². The van der Waals surface area contributed by atoms with Crippen molar-refractivity contribution in [2.24, 2.45) is 0 Å². The normalized spacial score (nSPS) is 10.7. The number of aryl methyl sites for hydroxylation is 1. The molecule has 0 saturated heterocycles. The molecule has 5 heteroatoms. The average molecular weight is 401 g/mol. The molecule has 0 saturated carbocycles. The molecule has 4 nitrogen and oxygen atoms in total. The lowest BCUT2D eigenvalue weighted by Gasteiger charge is -2.07. The van der Waals surface area contributed by atoms with Crippen molar-refractivity contribution in [2.75, 3.05) is 11.9 Å². The summed E-state index contributed by atoms with van der Waals surface area (Å²) in [4.78, 5) is 17.2. The number of hydrogen-bond acceptors (Lipinski definition) is 4. The maximum absolute atomic E-state index is 12.5. The average Bonchev–Trinajstić information content (AvgIpc) is 3.16. The molecule has 1 amide bonds. The van der Waals surface area contributed by atoms with Gasteiger partial charge < -0.3 is 10.1 Å². The van der Waals surface area contributed by atoms with Gasteiger partial charge >= 0.3 is 0 Å². The lowest BCUT2D eigenvalue weighted by atomic mass is 10.2. The molecular weight excluding hydrogens is 380 g/mol. The van der Waals surface area contributed by atoms with Crippen LogP contribution in [0.4, 0.5) is 5.69 Å². The third-order valence-corrected chi connectivity index (χ3v) is 5.49. The molecule has 0 radical (unpaired) electrons. The number of anilines is 1. The second-order valence-electron chi connectivity index (χ2n) is 6.65. The van der Waals surface area contributed by atoms with E-state index in [0.717, 1.165) is 21.8 Å². The number of carbonyl (C=O) groups excluding carboxylic acids is 1. The summed E-state index contributed by atoms with van der Waals surface area (Å²) < 4.78 is 6.62. The highest BCUT2D eigenvalue weighted by Crippen LogP contribution is 2.31. The van der Waals surface area contributed by atoms with Gasteiger partial charge in [-0.3, -0.25) is 4.79 Å². The molecule has 0 aliphatic rings. The van der Waals surface area contributed by atoms with E-state index < -0.39 is 0 Å². The monoisotopic (exact) mass is 400 g/mol.